The van der Waals surface area contributed by atoms with Crippen molar-refractivity contribution in [3.63, 3.8) is 0 Å². The quantitative estimate of drug-likeness (QED) is 0.724. The lowest BCUT2D eigenvalue weighted by atomic mass is 10.2. The standard InChI is InChI=1S/C17H17N5OS/c1-12-3-6-15(7-4-12)24-10-17(23)19-14-5-8-16(13(2)9-14)22-11-18-20-21-22/h3-9,11H,10H2,1-2H3,(H,19,23). The molecular weight excluding hydrogens is 322 g/mol. The molecule has 7 heteroatoms. The first-order valence-electron chi connectivity index (χ1n) is 7.45. The Kier molecular flexibility index (Phi) is 4.90. The molecule has 3 aromatic rings. The zero-order chi connectivity index (χ0) is 16.9. The first-order chi connectivity index (χ1) is 11.6. The highest BCUT2D eigenvalue weighted by atomic mass is 32.2. The Balaban J connectivity index is 1.60. The van der Waals surface area contributed by atoms with Gasteiger partial charge < -0.3 is 5.32 Å². The number of nitrogens with one attached hydrogen (secondary N) is 1. The van der Waals surface area contributed by atoms with E-state index >= 15 is 0 Å². The fourth-order valence-electron chi connectivity index (χ4n) is 2.24. The lowest BCUT2D eigenvalue weighted by Crippen LogP contribution is -2.14. The molecule has 0 unspecified atom stereocenters. The number of anilines is 1. The van der Waals surface area contributed by atoms with E-state index in [2.05, 4.69) is 20.8 Å². The second-order valence-corrected chi connectivity index (χ2v) is 6.45. The van der Waals surface area contributed by atoms with Gasteiger partial charge in [0.1, 0.15) is 6.33 Å². The van der Waals surface area contributed by atoms with Gasteiger partial charge in [0.2, 0.25) is 5.91 Å². The summed E-state index contributed by atoms with van der Waals surface area (Å²) in [5.41, 5.74) is 3.83. The van der Waals surface area contributed by atoms with E-state index in [9.17, 15) is 4.79 Å². The molecule has 0 aliphatic rings. The highest BCUT2D eigenvalue weighted by Crippen LogP contribution is 2.20. The van der Waals surface area contributed by atoms with Gasteiger partial charge in [-0.1, -0.05) is 17.7 Å². The number of tetrazole rings is 1. The molecule has 1 N–H and O–H groups in total. The van der Waals surface area contributed by atoms with Crippen LogP contribution in [0.15, 0.2) is 53.7 Å². The highest BCUT2D eigenvalue weighted by molar-refractivity contribution is 8.00. The van der Waals surface area contributed by atoms with Crippen molar-refractivity contribution in [1.29, 1.82) is 0 Å². The minimum atomic E-state index is -0.0323. The van der Waals surface area contributed by atoms with Gasteiger partial charge >= 0.3 is 0 Å². The molecule has 3 rings (SSSR count). The van der Waals surface area contributed by atoms with Crippen LogP contribution in [-0.2, 0) is 4.79 Å². The summed E-state index contributed by atoms with van der Waals surface area (Å²) in [5, 5.41) is 14.0. The second-order valence-electron chi connectivity index (χ2n) is 5.41. The summed E-state index contributed by atoms with van der Waals surface area (Å²) < 4.78 is 1.59. The number of carbonyl (C=O) groups excluding carboxylic acids is 1. The van der Waals surface area contributed by atoms with Crippen LogP contribution >= 0.6 is 11.8 Å². The van der Waals surface area contributed by atoms with Gasteiger partial charge in [0.25, 0.3) is 0 Å². The predicted molar refractivity (Wildman–Crippen MR) is 94.4 cm³/mol. The molecule has 0 atom stereocenters. The first-order valence-corrected chi connectivity index (χ1v) is 8.44. The number of hydrogen-bond donors (Lipinski definition) is 1. The monoisotopic (exact) mass is 339 g/mol. The van der Waals surface area contributed by atoms with Gasteiger partial charge in [0.05, 0.1) is 11.4 Å². The van der Waals surface area contributed by atoms with E-state index in [1.807, 2.05) is 56.3 Å². The van der Waals surface area contributed by atoms with Crippen LogP contribution in [0.25, 0.3) is 5.69 Å². The first kappa shape index (κ1) is 16.2. The fraction of sp³-hybridized carbons (Fsp3) is 0.176. The van der Waals surface area contributed by atoms with Crippen molar-refractivity contribution in [2.24, 2.45) is 0 Å². The highest BCUT2D eigenvalue weighted by Gasteiger charge is 2.07. The number of hydrogen-bond acceptors (Lipinski definition) is 5. The number of rotatable bonds is 5. The molecule has 0 saturated heterocycles. The van der Waals surface area contributed by atoms with Crippen LogP contribution in [0.4, 0.5) is 5.69 Å². The van der Waals surface area contributed by atoms with Crippen molar-refractivity contribution in [1.82, 2.24) is 20.2 Å². The lowest BCUT2D eigenvalue weighted by Gasteiger charge is -2.09. The van der Waals surface area contributed by atoms with Crippen molar-refractivity contribution in [2.45, 2.75) is 18.7 Å². The molecule has 0 radical (unpaired) electrons. The van der Waals surface area contributed by atoms with Gasteiger partial charge in [-0.25, -0.2) is 4.68 Å². The smallest absolute Gasteiger partial charge is 0.234 e. The Morgan fingerprint density at radius 1 is 1.17 bits per heavy atom. The zero-order valence-corrected chi connectivity index (χ0v) is 14.2. The molecule has 0 aliphatic heterocycles. The molecule has 1 amide bonds. The number of amides is 1. The third kappa shape index (κ3) is 3.99. The molecule has 0 saturated carbocycles. The molecule has 6 nitrogen and oxygen atoms in total. The van der Waals surface area contributed by atoms with E-state index in [0.717, 1.165) is 21.8 Å². The maximum Gasteiger partial charge on any atom is 0.234 e. The van der Waals surface area contributed by atoms with E-state index in [4.69, 9.17) is 0 Å². The van der Waals surface area contributed by atoms with Crippen molar-refractivity contribution in [3.8, 4) is 5.69 Å². The van der Waals surface area contributed by atoms with E-state index < -0.39 is 0 Å². The molecule has 0 fully saturated rings. The average molecular weight is 339 g/mol. The van der Waals surface area contributed by atoms with Gasteiger partial charge in [-0.15, -0.1) is 16.9 Å². The minimum absolute atomic E-state index is 0.0323. The van der Waals surface area contributed by atoms with Gasteiger partial charge in [0.15, 0.2) is 0 Å². The molecule has 1 heterocycles. The number of aryl methyl sites for hydroxylation is 2. The number of nitrogens with zero attached hydrogens (tertiary/aromatic N) is 4. The molecule has 24 heavy (non-hydrogen) atoms. The van der Waals surface area contributed by atoms with Gasteiger partial charge in [-0.2, -0.15) is 0 Å². The summed E-state index contributed by atoms with van der Waals surface area (Å²) in [7, 11) is 0. The topological polar surface area (TPSA) is 72.7 Å². The molecule has 0 aliphatic carbocycles. The number of carbonyl (C=O) groups is 1. The summed E-state index contributed by atoms with van der Waals surface area (Å²) in [6.45, 7) is 4.00. The van der Waals surface area contributed by atoms with Crippen molar-refractivity contribution in [3.05, 3.63) is 59.9 Å². The molecular formula is C17H17N5OS. The lowest BCUT2D eigenvalue weighted by molar-refractivity contribution is -0.113. The largest absolute Gasteiger partial charge is 0.325 e. The van der Waals surface area contributed by atoms with E-state index in [0.29, 0.717) is 5.75 Å². The summed E-state index contributed by atoms with van der Waals surface area (Å²) in [6.07, 6.45) is 1.54. The van der Waals surface area contributed by atoms with Crippen molar-refractivity contribution < 1.29 is 4.79 Å². The Morgan fingerprint density at radius 2 is 1.96 bits per heavy atom. The normalized spacial score (nSPS) is 10.6. The minimum Gasteiger partial charge on any atom is -0.325 e. The van der Waals surface area contributed by atoms with E-state index in [1.54, 1.807) is 11.0 Å². The number of thioether (sulfide) groups is 1. The van der Waals surface area contributed by atoms with Crippen LogP contribution in [0.1, 0.15) is 11.1 Å². The number of aromatic nitrogens is 4. The summed E-state index contributed by atoms with van der Waals surface area (Å²) >= 11 is 1.52. The Bertz CT molecular complexity index is 831. The Hall–Kier alpha value is -2.67. The molecule has 122 valence electrons. The molecule has 0 bridgehead atoms. The van der Waals surface area contributed by atoms with Crippen LogP contribution in [0.5, 0.6) is 0 Å². The molecule has 1 aromatic heterocycles. The van der Waals surface area contributed by atoms with Crippen LogP contribution in [0, 0.1) is 13.8 Å². The third-order valence-electron chi connectivity index (χ3n) is 3.47. The number of benzene rings is 2. The maximum absolute atomic E-state index is 12.1. The summed E-state index contributed by atoms with van der Waals surface area (Å²) in [6, 6.07) is 13.8. The van der Waals surface area contributed by atoms with E-state index in [-0.39, 0.29) is 5.91 Å². The van der Waals surface area contributed by atoms with Crippen LogP contribution in [0.2, 0.25) is 0 Å². The van der Waals surface area contributed by atoms with Crippen molar-refractivity contribution >= 4 is 23.4 Å². The third-order valence-corrected chi connectivity index (χ3v) is 4.48. The van der Waals surface area contributed by atoms with Crippen molar-refractivity contribution in [2.75, 3.05) is 11.1 Å². The molecule has 0 spiro atoms. The summed E-state index contributed by atoms with van der Waals surface area (Å²) in [5.74, 6) is 0.340. The van der Waals surface area contributed by atoms with Crippen LogP contribution < -0.4 is 5.32 Å². The second kappa shape index (κ2) is 7.27. The zero-order valence-electron chi connectivity index (χ0n) is 13.4. The van der Waals surface area contributed by atoms with Crippen LogP contribution in [-0.4, -0.2) is 31.9 Å². The van der Waals surface area contributed by atoms with Crippen LogP contribution in [0.3, 0.4) is 0 Å². The van der Waals surface area contributed by atoms with Gasteiger partial charge in [0, 0.05) is 10.6 Å². The Labute approximate surface area is 144 Å². The SMILES string of the molecule is Cc1ccc(SCC(=O)Nc2ccc(-n3cnnn3)c(C)c2)cc1. The fourth-order valence-corrected chi connectivity index (χ4v) is 2.94. The summed E-state index contributed by atoms with van der Waals surface area (Å²) in [4.78, 5) is 13.2. The maximum atomic E-state index is 12.1. The molecule has 2 aromatic carbocycles. The predicted octanol–water partition coefficient (Wildman–Crippen LogP) is 3.01. The van der Waals surface area contributed by atoms with Gasteiger partial charge in [-0.05, 0) is 60.2 Å². The average Bonchev–Trinajstić information content (AvgIpc) is 3.09. The van der Waals surface area contributed by atoms with Gasteiger partial charge in [-0.3, -0.25) is 4.79 Å². The Morgan fingerprint density at radius 3 is 2.62 bits per heavy atom. The van der Waals surface area contributed by atoms with E-state index in [1.165, 1.54) is 17.3 Å².